The SMILES string of the molecule is C=CC(=O)[C@H](C[C@@H]1[C@@H]2CCC[C@@H]21)NC(=O)OC(C)(C)C. The van der Waals surface area contributed by atoms with E-state index >= 15 is 0 Å². The zero-order valence-corrected chi connectivity index (χ0v) is 12.6. The van der Waals surface area contributed by atoms with Gasteiger partial charge in [0.1, 0.15) is 5.60 Å². The Hall–Kier alpha value is -1.32. The normalized spacial score (nSPS) is 29.2. The highest BCUT2D eigenvalue weighted by atomic mass is 16.6. The van der Waals surface area contributed by atoms with E-state index in [9.17, 15) is 9.59 Å². The topological polar surface area (TPSA) is 55.4 Å². The minimum absolute atomic E-state index is 0.124. The molecule has 20 heavy (non-hydrogen) atoms. The molecule has 0 radical (unpaired) electrons. The Balaban J connectivity index is 1.89. The summed E-state index contributed by atoms with van der Waals surface area (Å²) in [7, 11) is 0. The molecule has 2 rings (SSSR count). The van der Waals surface area contributed by atoms with Crippen LogP contribution in [0, 0.1) is 17.8 Å². The van der Waals surface area contributed by atoms with Gasteiger partial charge in [-0.15, -0.1) is 0 Å². The third-order valence-corrected chi connectivity index (χ3v) is 4.33. The first-order valence-electron chi connectivity index (χ1n) is 7.47. The maximum absolute atomic E-state index is 11.9. The first-order chi connectivity index (χ1) is 9.31. The zero-order valence-electron chi connectivity index (χ0n) is 12.6. The molecule has 2 aliphatic carbocycles. The van der Waals surface area contributed by atoms with Crippen LogP contribution in [-0.2, 0) is 9.53 Å². The van der Waals surface area contributed by atoms with Crippen molar-refractivity contribution in [1.82, 2.24) is 5.32 Å². The average Bonchev–Trinajstić information content (AvgIpc) is 2.77. The Bertz CT molecular complexity index is 400. The number of carbonyl (C=O) groups is 2. The monoisotopic (exact) mass is 279 g/mol. The van der Waals surface area contributed by atoms with E-state index in [0.29, 0.717) is 5.92 Å². The van der Waals surface area contributed by atoms with Gasteiger partial charge in [0.2, 0.25) is 0 Å². The standard InChI is InChI=1S/C16H25NO3/c1-5-14(18)13(17-15(19)20-16(2,3)4)9-12-10-7-6-8-11(10)12/h5,10-13H,1,6-9H2,2-4H3,(H,17,19)/t10-,11+,12-,13-/m0/s1. The molecular weight excluding hydrogens is 254 g/mol. The number of ether oxygens (including phenoxy) is 1. The quantitative estimate of drug-likeness (QED) is 0.787. The second kappa shape index (κ2) is 5.58. The number of rotatable bonds is 5. The van der Waals surface area contributed by atoms with Gasteiger partial charge < -0.3 is 10.1 Å². The molecule has 0 unspecified atom stereocenters. The summed E-state index contributed by atoms with van der Waals surface area (Å²) in [5.41, 5.74) is -0.554. The lowest BCUT2D eigenvalue weighted by Gasteiger charge is -2.23. The molecule has 0 aliphatic heterocycles. The minimum atomic E-state index is -0.554. The van der Waals surface area contributed by atoms with Crippen LogP contribution >= 0.6 is 0 Å². The summed E-state index contributed by atoms with van der Waals surface area (Å²) < 4.78 is 5.22. The molecule has 112 valence electrons. The van der Waals surface area contributed by atoms with Crippen LogP contribution in [0.3, 0.4) is 0 Å². The maximum Gasteiger partial charge on any atom is 0.408 e. The Labute approximate surface area is 120 Å². The molecule has 0 aromatic heterocycles. The third-order valence-electron chi connectivity index (χ3n) is 4.33. The van der Waals surface area contributed by atoms with Crippen molar-refractivity contribution in [2.45, 2.75) is 58.1 Å². The fraction of sp³-hybridized carbons (Fsp3) is 0.750. The van der Waals surface area contributed by atoms with Crippen LogP contribution in [0.15, 0.2) is 12.7 Å². The van der Waals surface area contributed by atoms with Gasteiger partial charge in [0.15, 0.2) is 5.78 Å². The van der Waals surface area contributed by atoms with Crippen molar-refractivity contribution in [2.24, 2.45) is 17.8 Å². The Kier molecular flexibility index (Phi) is 4.21. The molecule has 4 atom stereocenters. The van der Waals surface area contributed by atoms with E-state index in [2.05, 4.69) is 11.9 Å². The fourth-order valence-corrected chi connectivity index (χ4v) is 3.43. The minimum Gasteiger partial charge on any atom is -0.444 e. The summed E-state index contributed by atoms with van der Waals surface area (Å²) in [5, 5.41) is 2.70. The largest absolute Gasteiger partial charge is 0.444 e. The smallest absolute Gasteiger partial charge is 0.408 e. The van der Waals surface area contributed by atoms with Gasteiger partial charge in [-0.25, -0.2) is 4.79 Å². The van der Waals surface area contributed by atoms with Gasteiger partial charge in [-0.1, -0.05) is 13.0 Å². The van der Waals surface area contributed by atoms with Gasteiger partial charge in [0.25, 0.3) is 0 Å². The second-order valence-corrected chi connectivity index (χ2v) is 6.96. The highest BCUT2D eigenvalue weighted by Gasteiger charge is 2.53. The van der Waals surface area contributed by atoms with Crippen LogP contribution in [0.4, 0.5) is 4.79 Å². The predicted molar refractivity (Wildman–Crippen MR) is 77.3 cm³/mol. The Morgan fingerprint density at radius 1 is 1.35 bits per heavy atom. The van der Waals surface area contributed by atoms with Crippen molar-refractivity contribution in [3.8, 4) is 0 Å². The molecule has 4 nitrogen and oxygen atoms in total. The molecule has 2 saturated carbocycles. The van der Waals surface area contributed by atoms with Crippen LogP contribution in [0.1, 0.15) is 46.5 Å². The van der Waals surface area contributed by atoms with Crippen LogP contribution in [0.5, 0.6) is 0 Å². The molecule has 2 aliphatic rings. The summed E-state index contributed by atoms with van der Waals surface area (Å²) >= 11 is 0. The molecule has 0 bridgehead atoms. The summed E-state index contributed by atoms with van der Waals surface area (Å²) in [5.74, 6) is 2.01. The number of hydrogen-bond donors (Lipinski definition) is 1. The number of nitrogens with one attached hydrogen (secondary N) is 1. The van der Waals surface area contributed by atoms with Crippen LogP contribution in [0.2, 0.25) is 0 Å². The highest BCUT2D eigenvalue weighted by Crippen LogP contribution is 2.59. The summed E-state index contributed by atoms with van der Waals surface area (Å²) in [6.07, 6.45) is 5.35. The lowest BCUT2D eigenvalue weighted by atomic mass is 10.0. The van der Waals surface area contributed by atoms with E-state index in [4.69, 9.17) is 4.74 Å². The van der Waals surface area contributed by atoms with Crippen molar-refractivity contribution >= 4 is 11.9 Å². The summed E-state index contributed by atoms with van der Waals surface area (Å²) in [6, 6.07) is -0.488. The average molecular weight is 279 g/mol. The van der Waals surface area contributed by atoms with Gasteiger partial charge in [-0.2, -0.15) is 0 Å². The van der Waals surface area contributed by atoms with Gasteiger partial charge in [0, 0.05) is 0 Å². The van der Waals surface area contributed by atoms with Crippen LogP contribution in [-0.4, -0.2) is 23.5 Å². The Morgan fingerprint density at radius 2 is 1.95 bits per heavy atom. The molecule has 2 fully saturated rings. The third kappa shape index (κ3) is 3.62. The van der Waals surface area contributed by atoms with E-state index < -0.39 is 17.7 Å². The van der Waals surface area contributed by atoms with Gasteiger partial charge in [-0.3, -0.25) is 4.79 Å². The number of carbonyl (C=O) groups excluding carboxylic acids is 2. The molecule has 1 amide bonds. The van der Waals surface area contributed by atoms with E-state index in [1.54, 1.807) is 0 Å². The number of hydrogen-bond acceptors (Lipinski definition) is 3. The highest BCUT2D eigenvalue weighted by molar-refractivity contribution is 5.95. The fourth-order valence-electron chi connectivity index (χ4n) is 3.43. The van der Waals surface area contributed by atoms with E-state index in [-0.39, 0.29) is 5.78 Å². The molecule has 0 aromatic carbocycles. The van der Waals surface area contributed by atoms with Crippen molar-refractivity contribution in [1.29, 1.82) is 0 Å². The van der Waals surface area contributed by atoms with E-state index in [1.165, 1.54) is 25.3 Å². The number of amides is 1. The molecule has 0 saturated heterocycles. The van der Waals surface area contributed by atoms with Gasteiger partial charge in [-0.05, 0) is 63.9 Å². The number of alkyl carbamates (subject to hydrolysis) is 1. The molecule has 1 N–H and O–H groups in total. The van der Waals surface area contributed by atoms with Crippen molar-refractivity contribution in [3.63, 3.8) is 0 Å². The first-order valence-corrected chi connectivity index (χ1v) is 7.47. The molecule has 0 spiro atoms. The lowest BCUT2D eigenvalue weighted by molar-refractivity contribution is -0.116. The van der Waals surface area contributed by atoms with Gasteiger partial charge >= 0.3 is 6.09 Å². The van der Waals surface area contributed by atoms with E-state index in [0.717, 1.165) is 18.3 Å². The second-order valence-electron chi connectivity index (χ2n) is 6.96. The summed E-state index contributed by atoms with van der Waals surface area (Å²) in [4.78, 5) is 23.7. The molecule has 4 heteroatoms. The lowest BCUT2D eigenvalue weighted by Crippen LogP contribution is -2.43. The number of ketones is 1. The van der Waals surface area contributed by atoms with Crippen LogP contribution < -0.4 is 5.32 Å². The van der Waals surface area contributed by atoms with Crippen molar-refractivity contribution in [2.75, 3.05) is 0 Å². The predicted octanol–water partition coefficient (Wildman–Crippen LogP) is 3.07. The molecular formula is C16H25NO3. The number of fused-ring (bicyclic) bond motifs is 1. The van der Waals surface area contributed by atoms with Crippen molar-refractivity contribution < 1.29 is 14.3 Å². The summed E-state index contributed by atoms with van der Waals surface area (Å²) in [6.45, 7) is 8.94. The van der Waals surface area contributed by atoms with Crippen molar-refractivity contribution in [3.05, 3.63) is 12.7 Å². The van der Waals surface area contributed by atoms with Gasteiger partial charge in [0.05, 0.1) is 6.04 Å². The molecule has 0 heterocycles. The van der Waals surface area contributed by atoms with E-state index in [1.807, 2.05) is 20.8 Å². The van der Waals surface area contributed by atoms with Crippen LogP contribution in [0.25, 0.3) is 0 Å². The zero-order chi connectivity index (χ0) is 14.9. The first kappa shape index (κ1) is 15.1. The Morgan fingerprint density at radius 3 is 2.45 bits per heavy atom. The maximum atomic E-state index is 11.9. The molecule has 0 aromatic rings.